The summed E-state index contributed by atoms with van der Waals surface area (Å²) in [7, 11) is 2.95. The quantitative estimate of drug-likeness (QED) is 0.349. The predicted molar refractivity (Wildman–Crippen MR) is 134 cm³/mol. The molecule has 8 heteroatoms. The molecule has 0 radical (unpaired) electrons. The molecule has 0 aliphatic carbocycles. The summed E-state index contributed by atoms with van der Waals surface area (Å²) in [5.74, 6) is 0.281. The van der Waals surface area contributed by atoms with Gasteiger partial charge in [0.1, 0.15) is 17.4 Å². The van der Waals surface area contributed by atoms with Crippen molar-refractivity contribution < 1.29 is 23.8 Å². The Morgan fingerprint density at radius 2 is 1.69 bits per heavy atom. The van der Waals surface area contributed by atoms with Gasteiger partial charge in [-0.3, -0.25) is 9.59 Å². The van der Waals surface area contributed by atoms with Gasteiger partial charge in [-0.1, -0.05) is 30.3 Å². The van der Waals surface area contributed by atoms with Gasteiger partial charge < -0.3 is 24.8 Å². The summed E-state index contributed by atoms with van der Waals surface area (Å²) in [6, 6.07) is 21.1. The fraction of sp³-hybridized carbons (Fsp3) is 0.148. The summed E-state index contributed by atoms with van der Waals surface area (Å²) in [5.41, 5.74) is 2.60. The van der Waals surface area contributed by atoms with Crippen LogP contribution in [0.25, 0.3) is 6.08 Å². The Labute approximate surface area is 203 Å². The zero-order valence-electron chi connectivity index (χ0n) is 19.6. The number of aryl methyl sites for hydroxylation is 1. The molecule has 3 aromatic carbocycles. The van der Waals surface area contributed by atoms with Crippen LogP contribution >= 0.6 is 0 Å². The minimum Gasteiger partial charge on any atom is -0.495 e. The first kappa shape index (κ1) is 24.9. The number of carbonyl (C=O) groups is 2. The van der Waals surface area contributed by atoms with Crippen LogP contribution in [0, 0.1) is 18.3 Å². The molecule has 35 heavy (non-hydrogen) atoms. The van der Waals surface area contributed by atoms with Crippen molar-refractivity contribution in [2.75, 3.05) is 31.5 Å². The van der Waals surface area contributed by atoms with Crippen LogP contribution in [0.1, 0.15) is 11.1 Å². The Balaban J connectivity index is 1.69. The molecule has 178 valence electrons. The van der Waals surface area contributed by atoms with Crippen LogP contribution in [0.5, 0.6) is 17.2 Å². The topological polar surface area (TPSA) is 110 Å². The minimum absolute atomic E-state index is 0.107. The van der Waals surface area contributed by atoms with E-state index in [0.717, 1.165) is 5.56 Å². The van der Waals surface area contributed by atoms with E-state index in [1.165, 1.54) is 20.3 Å². The molecular weight excluding hydrogens is 446 g/mol. The van der Waals surface area contributed by atoms with Crippen molar-refractivity contribution in [1.82, 2.24) is 0 Å². The zero-order valence-corrected chi connectivity index (χ0v) is 19.6. The van der Waals surface area contributed by atoms with Crippen LogP contribution in [0.3, 0.4) is 0 Å². The van der Waals surface area contributed by atoms with Gasteiger partial charge in [0.2, 0.25) is 0 Å². The van der Waals surface area contributed by atoms with E-state index in [0.29, 0.717) is 34.2 Å². The van der Waals surface area contributed by atoms with Gasteiger partial charge in [-0.15, -0.1) is 0 Å². The van der Waals surface area contributed by atoms with Gasteiger partial charge in [-0.25, -0.2) is 0 Å². The summed E-state index contributed by atoms with van der Waals surface area (Å²) in [6.45, 7) is 1.72. The molecule has 0 fully saturated rings. The fourth-order valence-electron chi connectivity index (χ4n) is 3.21. The van der Waals surface area contributed by atoms with E-state index < -0.39 is 5.91 Å². The van der Waals surface area contributed by atoms with Crippen molar-refractivity contribution in [3.05, 3.63) is 83.4 Å². The van der Waals surface area contributed by atoms with Crippen LogP contribution in [-0.4, -0.2) is 32.6 Å². The van der Waals surface area contributed by atoms with Gasteiger partial charge in [0.25, 0.3) is 11.8 Å². The first-order valence-electron chi connectivity index (χ1n) is 10.7. The number of hydrogen-bond donors (Lipinski definition) is 2. The lowest BCUT2D eigenvalue weighted by Gasteiger charge is -2.12. The van der Waals surface area contributed by atoms with Crippen molar-refractivity contribution >= 4 is 29.3 Å². The predicted octanol–water partition coefficient (Wildman–Crippen LogP) is 4.58. The minimum atomic E-state index is -0.580. The number of benzene rings is 3. The molecule has 2 amide bonds. The highest BCUT2D eigenvalue weighted by molar-refractivity contribution is 6.10. The van der Waals surface area contributed by atoms with E-state index in [1.54, 1.807) is 48.5 Å². The molecule has 0 bridgehead atoms. The lowest BCUT2D eigenvalue weighted by molar-refractivity contribution is -0.118. The largest absolute Gasteiger partial charge is 0.495 e. The number of amides is 2. The number of carbonyl (C=O) groups excluding carboxylic acids is 2. The normalized spacial score (nSPS) is 10.6. The molecule has 0 aliphatic rings. The highest BCUT2D eigenvalue weighted by Crippen LogP contribution is 2.29. The first-order valence-corrected chi connectivity index (χ1v) is 10.7. The van der Waals surface area contributed by atoms with Crippen LogP contribution in [0.4, 0.5) is 11.4 Å². The van der Waals surface area contributed by atoms with E-state index in [1.807, 2.05) is 31.2 Å². The van der Waals surface area contributed by atoms with Crippen molar-refractivity contribution in [1.29, 1.82) is 5.26 Å². The SMILES string of the molecule is COc1ccccc1NC(=O)/C(C#N)=C/c1ccc(OCC(=O)Nc2cccc(C)c2)c(OC)c1. The maximum atomic E-state index is 12.6. The summed E-state index contributed by atoms with van der Waals surface area (Å²) in [4.78, 5) is 24.9. The van der Waals surface area contributed by atoms with Crippen molar-refractivity contribution in [2.45, 2.75) is 6.92 Å². The average molecular weight is 472 g/mol. The molecule has 0 saturated carbocycles. The Hall–Kier alpha value is -4.77. The number of anilines is 2. The molecule has 2 N–H and O–H groups in total. The number of nitrogens with one attached hydrogen (secondary N) is 2. The maximum Gasteiger partial charge on any atom is 0.266 e. The third-order valence-corrected chi connectivity index (χ3v) is 4.88. The van der Waals surface area contributed by atoms with Crippen LogP contribution in [0.2, 0.25) is 0 Å². The second kappa shape index (κ2) is 11.9. The van der Waals surface area contributed by atoms with Gasteiger partial charge in [-0.05, 0) is 60.5 Å². The van der Waals surface area contributed by atoms with Gasteiger partial charge in [-0.2, -0.15) is 5.26 Å². The molecule has 0 spiro atoms. The van der Waals surface area contributed by atoms with Crippen LogP contribution in [-0.2, 0) is 9.59 Å². The smallest absolute Gasteiger partial charge is 0.266 e. The molecule has 0 unspecified atom stereocenters. The molecular formula is C27H25N3O5. The summed E-state index contributed by atoms with van der Waals surface area (Å²) in [5, 5.41) is 15.0. The number of nitriles is 1. The third-order valence-electron chi connectivity index (χ3n) is 4.88. The zero-order chi connectivity index (χ0) is 25.2. The molecule has 0 heterocycles. The van der Waals surface area contributed by atoms with Gasteiger partial charge in [0, 0.05) is 5.69 Å². The molecule has 3 rings (SSSR count). The van der Waals surface area contributed by atoms with Crippen molar-refractivity contribution in [3.63, 3.8) is 0 Å². The molecule has 0 aromatic heterocycles. The van der Waals surface area contributed by atoms with E-state index in [2.05, 4.69) is 10.6 Å². The molecule has 8 nitrogen and oxygen atoms in total. The number of ether oxygens (including phenoxy) is 3. The Morgan fingerprint density at radius 3 is 2.40 bits per heavy atom. The summed E-state index contributed by atoms with van der Waals surface area (Å²) < 4.78 is 16.2. The van der Waals surface area contributed by atoms with Crippen molar-refractivity contribution in [3.8, 4) is 23.3 Å². The maximum absolute atomic E-state index is 12.6. The number of nitrogens with zero attached hydrogens (tertiary/aromatic N) is 1. The standard InChI is InChI=1S/C27H25N3O5/c1-18-7-6-8-21(13-18)29-26(31)17-35-24-12-11-19(15-25(24)34-3)14-20(16-28)27(32)30-22-9-4-5-10-23(22)33-2/h4-15H,17H2,1-3H3,(H,29,31)(H,30,32)/b20-14+. The first-order chi connectivity index (χ1) is 16.9. The molecule has 0 atom stereocenters. The second-order valence-corrected chi connectivity index (χ2v) is 7.44. The molecule has 0 saturated heterocycles. The Kier molecular flexibility index (Phi) is 8.46. The number of methoxy groups -OCH3 is 2. The Bertz CT molecular complexity index is 1290. The van der Waals surface area contributed by atoms with E-state index in [9.17, 15) is 14.9 Å². The lowest BCUT2D eigenvalue weighted by Crippen LogP contribution is -2.20. The second-order valence-electron chi connectivity index (χ2n) is 7.44. The van der Waals surface area contributed by atoms with Gasteiger partial charge >= 0.3 is 0 Å². The average Bonchev–Trinajstić information content (AvgIpc) is 2.86. The highest BCUT2D eigenvalue weighted by atomic mass is 16.5. The summed E-state index contributed by atoms with van der Waals surface area (Å²) in [6.07, 6.45) is 1.43. The molecule has 3 aromatic rings. The number of rotatable bonds is 9. The third kappa shape index (κ3) is 6.85. The van der Waals surface area contributed by atoms with Crippen molar-refractivity contribution in [2.24, 2.45) is 0 Å². The van der Waals surface area contributed by atoms with E-state index >= 15 is 0 Å². The van der Waals surface area contributed by atoms with E-state index in [4.69, 9.17) is 14.2 Å². The number of para-hydroxylation sites is 2. The lowest BCUT2D eigenvalue weighted by atomic mass is 10.1. The number of hydrogen-bond acceptors (Lipinski definition) is 6. The molecule has 0 aliphatic heterocycles. The van der Waals surface area contributed by atoms with Crippen LogP contribution in [0.15, 0.2) is 72.3 Å². The summed E-state index contributed by atoms with van der Waals surface area (Å²) >= 11 is 0. The fourth-order valence-corrected chi connectivity index (χ4v) is 3.21. The van der Waals surface area contributed by atoms with Crippen LogP contribution < -0.4 is 24.8 Å². The Morgan fingerprint density at radius 1 is 0.914 bits per heavy atom. The van der Waals surface area contributed by atoms with E-state index in [-0.39, 0.29) is 18.1 Å². The van der Waals surface area contributed by atoms with Gasteiger partial charge in [0.15, 0.2) is 18.1 Å². The monoisotopic (exact) mass is 471 g/mol. The highest BCUT2D eigenvalue weighted by Gasteiger charge is 2.14. The van der Waals surface area contributed by atoms with Gasteiger partial charge in [0.05, 0.1) is 19.9 Å².